The van der Waals surface area contributed by atoms with Crippen molar-refractivity contribution in [1.82, 2.24) is 25.7 Å². The Morgan fingerprint density at radius 2 is 2.18 bits per heavy atom. The maximum atomic E-state index is 5.15. The number of aliphatic imine (C=N–C) groups is 1. The van der Waals surface area contributed by atoms with E-state index in [1.807, 2.05) is 18.3 Å². The van der Waals surface area contributed by atoms with Crippen LogP contribution in [0.15, 0.2) is 27.0 Å². The van der Waals surface area contributed by atoms with Crippen molar-refractivity contribution >= 4 is 41.3 Å². The van der Waals surface area contributed by atoms with Crippen molar-refractivity contribution in [2.45, 2.75) is 46.2 Å². The van der Waals surface area contributed by atoms with E-state index in [-0.39, 0.29) is 24.0 Å². The van der Waals surface area contributed by atoms with Gasteiger partial charge in [0.2, 0.25) is 5.89 Å². The van der Waals surface area contributed by atoms with Gasteiger partial charge >= 0.3 is 0 Å². The first-order valence-corrected chi connectivity index (χ1v) is 10.6. The fourth-order valence-corrected chi connectivity index (χ4v) is 4.18. The molecule has 28 heavy (non-hydrogen) atoms. The third-order valence-corrected chi connectivity index (χ3v) is 5.85. The highest BCUT2D eigenvalue weighted by Crippen LogP contribution is 2.29. The zero-order chi connectivity index (χ0) is 19.1. The molecule has 2 N–H and O–H groups in total. The maximum absolute atomic E-state index is 5.15. The van der Waals surface area contributed by atoms with Gasteiger partial charge in [0.15, 0.2) is 11.8 Å². The third kappa shape index (κ3) is 6.70. The van der Waals surface area contributed by atoms with Gasteiger partial charge in [-0.15, -0.1) is 35.3 Å². The van der Waals surface area contributed by atoms with Gasteiger partial charge in [-0.2, -0.15) is 4.98 Å². The first-order chi connectivity index (χ1) is 13.2. The summed E-state index contributed by atoms with van der Waals surface area (Å²) >= 11 is 1.83. The van der Waals surface area contributed by atoms with E-state index in [2.05, 4.69) is 62.0 Å². The maximum Gasteiger partial charge on any atom is 0.248 e. The summed E-state index contributed by atoms with van der Waals surface area (Å²) < 4.78 is 5.15. The highest BCUT2D eigenvalue weighted by atomic mass is 127. The molecule has 0 spiro atoms. The minimum Gasteiger partial charge on any atom is -0.357 e. The van der Waals surface area contributed by atoms with Crippen LogP contribution in [0.1, 0.15) is 49.3 Å². The zero-order valence-electron chi connectivity index (χ0n) is 16.9. The molecule has 1 aliphatic heterocycles. The lowest BCUT2D eigenvalue weighted by Crippen LogP contribution is -2.45. The molecule has 0 amide bonds. The van der Waals surface area contributed by atoms with Gasteiger partial charge in [0, 0.05) is 18.0 Å². The topological polar surface area (TPSA) is 78.6 Å². The lowest BCUT2D eigenvalue weighted by Gasteiger charge is -2.36. The fourth-order valence-electron chi connectivity index (χ4n) is 3.32. The van der Waals surface area contributed by atoms with Crippen molar-refractivity contribution in [3.8, 4) is 0 Å². The van der Waals surface area contributed by atoms with Crippen molar-refractivity contribution in [1.29, 1.82) is 0 Å². The number of guanidine groups is 1. The summed E-state index contributed by atoms with van der Waals surface area (Å²) in [6, 6.07) is 4.74. The summed E-state index contributed by atoms with van der Waals surface area (Å²) in [5.74, 6) is 2.77. The van der Waals surface area contributed by atoms with Gasteiger partial charge in [-0.25, -0.2) is 4.99 Å². The van der Waals surface area contributed by atoms with Gasteiger partial charge in [-0.1, -0.05) is 18.1 Å². The molecule has 1 atom stereocenters. The van der Waals surface area contributed by atoms with E-state index < -0.39 is 0 Å². The van der Waals surface area contributed by atoms with Crippen LogP contribution in [-0.2, 0) is 6.54 Å². The monoisotopic (exact) mass is 518 g/mol. The van der Waals surface area contributed by atoms with Gasteiger partial charge in [-0.3, -0.25) is 4.90 Å². The molecule has 0 saturated carbocycles. The summed E-state index contributed by atoms with van der Waals surface area (Å²) in [5.41, 5.74) is 0. The second kappa shape index (κ2) is 11.7. The van der Waals surface area contributed by atoms with Crippen molar-refractivity contribution in [2.24, 2.45) is 10.9 Å². The summed E-state index contributed by atoms with van der Waals surface area (Å²) in [5, 5.41) is 12.8. The lowest BCUT2D eigenvalue weighted by atomic mass is 9.97. The molecule has 9 heteroatoms. The molecule has 2 aromatic heterocycles. The van der Waals surface area contributed by atoms with Crippen LogP contribution >= 0.6 is 35.3 Å². The Labute approximate surface area is 188 Å². The first-order valence-electron chi connectivity index (χ1n) is 9.74. The molecule has 0 aliphatic carbocycles. The largest absolute Gasteiger partial charge is 0.357 e. The molecule has 0 bridgehead atoms. The number of piperidine rings is 1. The molecule has 1 fully saturated rings. The number of hydrogen-bond acceptors (Lipinski definition) is 6. The first kappa shape index (κ1) is 23.1. The van der Waals surface area contributed by atoms with E-state index in [9.17, 15) is 0 Å². The van der Waals surface area contributed by atoms with Crippen LogP contribution in [-0.4, -0.2) is 47.2 Å². The second-order valence-corrected chi connectivity index (χ2v) is 8.04. The predicted octanol–water partition coefficient (Wildman–Crippen LogP) is 3.59. The standard InChI is InChI=1S/C19H30N6OS.HI/c1-4-20-19(22-13-18-23-15(3)24-26-18)21-12-16(17-6-5-11-27-17)25-9-7-14(2)8-10-25;/h5-6,11,14,16H,4,7-10,12-13H2,1-3H3,(H2,20,21,22);1H. The average molecular weight is 518 g/mol. The molecule has 1 aliphatic rings. The predicted molar refractivity (Wildman–Crippen MR) is 124 cm³/mol. The number of thiophene rings is 1. The van der Waals surface area contributed by atoms with Gasteiger partial charge < -0.3 is 15.2 Å². The van der Waals surface area contributed by atoms with Crippen LogP contribution in [0.3, 0.4) is 0 Å². The van der Waals surface area contributed by atoms with E-state index in [0.717, 1.165) is 38.1 Å². The second-order valence-electron chi connectivity index (χ2n) is 7.06. The number of hydrogen-bond donors (Lipinski definition) is 2. The van der Waals surface area contributed by atoms with Crippen molar-refractivity contribution in [2.75, 3.05) is 26.2 Å². The van der Waals surface area contributed by atoms with Crippen LogP contribution in [0.25, 0.3) is 0 Å². The Morgan fingerprint density at radius 1 is 1.39 bits per heavy atom. The quantitative estimate of drug-likeness (QED) is 0.332. The Bertz CT molecular complexity index is 712. The molecule has 7 nitrogen and oxygen atoms in total. The molecule has 0 radical (unpaired) electrons. The van der Waals surface area contributed by atoms with Crippen LogP contribution in [0.5, 0.6) is 0 Å². The van der Waals surface area contributed by atoms with Gasteiger partial charge in [-0.05, 0) is 57.1 Å². The van der Waals surface area contributed by atoms with E-state index in [0.29, 0.717) is 24.3 Å². The van der Waals surface area contributed by atoms with Crippen LogP contribution in [0, 0.1) is 12.8 Å². The highest BCUT2D eigenvalue weighted by molar-refractivity contribution is 14.0. The summed E-state index contributed by atoms with van der Waals surface area (Å²) in [6.45, 7) is 10.5. The van der Waals surface area contributed by atoms with Crippen molar-refractivity contribution in [3.05, 3.63) is 34.1 Å². The third-order valence-electron chi connectivity index (χ3n) is 4.88. The molecule has 156 valence electrons. The van der Waals surface area contributed by atoms with Crippen molar-refractivity contribution in [3.63, 3.8) is 0 Å². The van der Waals surface area contributed by atoms with E-state index in [1.165, 1.54) is 17.7 Å². The van der Waals surface area contributed by atoms with E-state index in [4.69, 9.17) is 4.52 Å². The molecular weight excluding hydrogens is 487 g/mol. The van der Waals surface area contributed by atoms with Gasteiger partial charge in [0.05, 0.1) is 6.04 Å². The zero-order valence-corrected chi connectivity index (χ0v) is 20.0. The summed E-state index contributed by atoms with van der Waals surface area (Å²) in [4.78, 5) is 12.8. The molecule has 1 saturated heterocycles. The number of aryl methyl sites for hydroxylation is 1. The minimum atomic E-state index is 0. The van der Waals surface area contributed by atoms with Gasteiger partial charge in [0.1, 0.15) is 6.54 Å². The number of aromatic nitrogens is 2. The summed E-state index contributed by atoms with van der Waals surface area (Å²) in [7, 11) is 0. The van der Waals surface area contributed by atoms with Gasteiger partial charge in [0.25, 0.3) is 0 Å². The Morgan fingerprint density at radius 3 is 2.79 bits per heavy atom. The highest BCUT2D eigenvalue weighted by Gasteiger charge is 2.25. The van der Waals surface area contributed by atoms with E-state index in [1.54, 1.807) is 0 Å². The van der Waals surface area contributed by atoms with Crippen LogP contribution < -0.4 is 10.6 Å². The molecule has 2 aromatic rings. The number of likely N-dealkylation sites (tertiary alicyclic amines) is 1. The number of nitrogens with one attached hydrogen (secondary N) is 2. The molecule has 3 rings (SSSR count). The van der Waals surface area contributed by atoms with Crippen LogP contribution in [0.4, 0.5) is 0 Å². The smallest absolute Gasteiger partial charge is 0.248 e. The molecule has 1 unspecified atom stereocenters. The normalized spacial score (nSPS) is 17.2. The van der Waals surface area contributed by atoms with Crippen LogP contribution in [0.2, 0.25) is 0 Å². The number of nitrogens with zero attached hydrogens (tertiary/aromatic N) is 4. The average Bonchev–Trinajstić information content (AvgIpc) is 3.33. The van der Waals surface area contributed by atoms with E-state index >= 15 is 0 Å². The fraction of sp³-hybridized carbons (Fsp3) is 0.632. The number of halogens is 1. The Hall–Kier alpha value is -1.20. The molecular formula is C19H31IN6OS. The Balaban J connectivity index is 0.00000280. The summed E-state index contributed by atoms with van der Waals surface area (Å²) in [6.07, 6.45) is 2.54. The molecule has 0 aromatic carbocycles. The minimum absolute atomic E-state index is 0. The SMILES string of the molecule is CCNC(=NCc1nc(C)no1)NCC(c1cccs1)N1CCC(C)CC1.I. The number of rotatable bonds is 7. The Kier molecular flexibility index (Phi) is 9.66. The molecule has 3 heterocycles. The van der Waals surface area contributed by atoms with Crippen molar-refractivity contribution < 1.29 is 4.52 Å². The lowest BCUT2D eigenvalue weighted by molar-refractivity contribution is 0.140.